The van der Waals surface area contributed by atoms with E-state index in [1.54, 1.807) is 7.11 Å². The number of benzene rings is 1. The van der Waals surface area contributed by atoms with Gasteiger partial charge in [-0.05, 0) is 49.4 Å². The van der Waals surface area contributed by atoms with Gasteiger partial charge in [-0.25, -0.2) is 0 Å². The number of hydrogen-bond acceptors (Lipinski definition) is 4. The molecule has 2 atom stereocenters. The van der Waals surface area contributed by atoms with Gasteiger partial charge in [0.2, 0.25) is 11.8 Å². The molecule has 6 nitrogen and oxygen atoms in total. The smallest absolute Gasteiger partial charge is 0.248 e. The van der Waals surface area contributed by atoms with Crippen LogP contribution < -0.4 is 15.4 Å². The zero-order valence-corrected chi connectivity index (χ0v) is 16.0. The Morgan fingerprint density at radius 2 is 1.89 bits per heavy atom. The van der Waals surface area contributed by atoms with Gasteiger partial charge in [-0.3, -0.25) is 9.59 Å². The van der Waals surface area contributed by atoms with Gasteiger partial charge < -0.3 is 20.3 Å². The highest BCUT2D eigenvalue weighted by molar-refractivity contribution is 6.00. The predicted octanol–water partition coefficient (Wildman–Crippen LogP) is 1.83. The molecule has 2 N–H and O–H groups in total. The number of carbonyl (C=O) groups excluding carboxylic acids is 2. The fraction of sp³-hybridized carbons (Fsp3) is 0.619. The average Bonchev–Trinajstić information content (AvgIpc) is 3.20. The van der Waals surface area contributed by atoms with Crippen molar-refractivity contribution in [1.29, 1.82) is 0 Å². The second-order valence-electron chi connectivity index (χ2n) is 8.08. The Labute approximate surface area is 160 Å². The van der Waals surface area contributed by atoms with Crippen molar-refractivity contribution < 1.29 is 14.3 Å². The van der Waals surface area contributed by atoms with Crippen molar-refractivity contribution in [1.82, 2.24) is 15.5 Å². The molecule has 0 aromatic heterocycles. The predicted molar refractivity (Wildman–Crippen MR) is 102 cm³/mol. The number of nitrogens with zero attached hydrogens (tertiary/aromatic N) is 1. The minimum Gasteiger partial charge on any atom is -0.497 e. The summed E-state index contributed by atoms with van der Waals surface area (Å²) in [6.07, 6.45) is 6.24. The number of rotatable bonds is 4. The molecule has 1 aromatic carbocycles. The minimum atomic E-state index is -0.762. The maximum absolute atomic E-state index is 13.5. The summed E-state index contributed by atoms with van der Waals surface area (Å²) in [7, 11) is 1.64. The number of nitrogens with one attached hydrogen (secondary N) is 2. The van der Waals surface area contributed by atoms with Crippen molar-refractivity contribution in [2.45, 2.75) is 56.7 Å². The molecule has 1 aliphatic carbocycles. The molecule has 1 aromatic rings. The molecule has 2 amide bonds. The molecular weight excluding hydrogens is 342 g/mol. The number of ether oxygens (including phenoxy) is 1. The van der Waals surface area contributed by atoms with Gasteiger partial charge in [0, 0.05) is 13.1 Å². The highest BCUT2D eigenvalue weighted by Crippen LogP contribution is 2.35. The zero-order valence-electron chi connectivity index (χ0n) is 16.0. The van der Waals surface area contributed by atoms with Gasteiger partial charge in [0.25, 0.3) is 0 Å². The lowest BCUT2D eigenvalue weighted by Gasteiger charge is -2.48. The second kappa shape index (κ2) is 7.50. The van der Waals surface area contributed by atoms with Gasteiger partial charge in [-0.1, -0.05) is 31.4 Å². The van der Waals surface area contributed by atoms with Crippen molar-refractivity contribution in [3.05, 3.63) is 29.8 Å². The molecule has 0 unspecified atom stereocenters. The Morgan fingerprint density at radius 3 is 2.52 bits per heavy atom. The van der Waals surface area contributed by atoms with E-state index in [0.29, 0.717) is 19.5 Å². The first-order valence-electron chi connectivity index (χ1n) is 10.1. The molecule has 1 saturated carbocycles. The van der Waals surface area contributed by atoms with Gasteiger partial charge in [-0.15, -0.1) is 0 Å². The van der Waals surface area contributed by atoms with Crippen molar-refractivity contribution in [3.8, 4) is 5.75 Å². The van der Waals surface area contributed by atoms with Crippen LogP contribution in [0.4, 0.5) is 0 Å². The van der Waals surface area contributed by atoms with E-state index >= 15 is 0 Å². The van der Waals surface area contributed by atoms with E-state index in [9.17, 15) is 9.59 Å². The van der Waals surface area contributed by atoms with E-state index in [4.69, 9.17) is 4.74 Å². The van der Waals surface area contributed by atoms with Gasteiger partial charge in [0.1, 0.15) is 17.3 Å². The van der Waals surface area contributed by atoms with E-state index in [2.05, 4.69) is 10.6 Å². The van der Waals surface area contributed by atoms with Crippen LogP contribution >= 0.6 is 0 Å². The first kappa shape index (κ1) is 18.3. The Morgan fingerprint density at radius 1 is 1.15 bits per heavy atom. The summed E-state index contributed by atoms with van der Waals surface area (Å²) >= 11 is 0. The van der Waals surface area contributed by atoms with Crippen LogP contribution in [0.3, 0.4) is 0 Å². The quantitative estimate of drug-likeness (QED) is 0.847. The molecule has 3 aliphatic rings. The lowest BCUT2D eigenvalue weighted by atomic mass is 9.80. The summed E-state index contributed by atoms with van der Waals surface area (Å²) in [5, 5.41) is 6.40. The molecule has 3 fully saturated rings. The SMILES string of the molecule is COc1ccc(CN2C(=O)[C@@H](C3CCCCC3)NC(=O)[C@]23CCNC3)cc1. The van der Waals surface area contributed by atoms with Crippen LogP contribution in [-0.4, -0.2) is 48.5 Å². The van der Waals surface area contributed by atoms with Crippen molar-refractivity contribution in [3.63, 3.8) is 0 Å². The van der Waals surface area contributed by atoms with Crippen LogP contribution in [0.5, 0.6) is 5.75 Å². The number of piperazine rings is 1. The average molecular weight is 371 g/mol. The Hall–Kier alpha value is -2.08. The van der Waals surface area contributed by atoms with Crippen molar-refractivity contribution >= 4 is 11.8 Å². The third-order valence-corrected chi connectivity index (χ3v) is 6.51. The highest BCUT2D eigenvalue weighted by atomic mass is 16.5. The number of amides is 2. The van der Waals surface area contributed by atoms with E-state index in [1.165, 1.54) is 6.42 Å². The van der Waals surface area contributed by atoms with Crippen molar-refractivity contribution in [2.24, 2.45) is 5.92 Å². The van der Waals surface area contributed by atoms with E-state index in [1.807, 2.05) is 29.2 Å². The Kier molecular flexibility index (Phi) is 5.08. The topological polar surface area (TPSA) is 70.7 Å². The van der Waals surface area contributed by atoms with Gasteiger partial charge >= 0.3 is 0 Å². The summed E-state index contributed by atoms with van der Waals surface area (Å²) in [4.78, 5) is 28.5. The summed E-state index contributed by atoms with van der Waals surface area (Å²) in [6, 6.07) is 7.39. The van der Waals surface area contributed by atoms with Crippen LogP contribution in [0, 0.1) is 5.92 Å². The summed E-state index contributed by atoms with van der Waals surface area (Å²) in [5.41, 5.74) is 0.259. The molecular formula is C21H29N3O3. The lowest BCUT2D eigenvalue weighted by Crippen LogP contribution is -2.72. The molecule has 2 saturated heterocycles. The van der Waals surface area contributed by atoms with Crippen LogP contribution in [-0.2, 0) is 16.1 Å². The fourth-order valence-electron chi connectivity index (χ4n) is 4.87. The number of hydrogen-bond donors (Lipinski definition) is 2. The van der Waals surface area contributed by atoms with E-state index < -0.39 is 5.54 Å². The molecule has 6 heteroatoms. The molecule has 27 heavy (non-hydrogen) atoms. The maximum Gasteiger partial charge on any atom is 0.248 e. The van der Waals surface area contributed by atoms with Gasteiger partial charge in [0.05, 0.1) is 7.11 Å². The Balaban J connectivity index is 1.62. The van der Waals surface area contributed by atoms with Gasteiger partial charge in [-0.2, -0.15) is 0 Å². The first-order chi connectivity index (χ1) is 13.1. The maximum atomic E-state index is 13.5. The molecule has 0 radical (unpaired) electrons. The standard InChI is InChI=1S/C21H29N3O3/c1-27-17-9-7-15(8-10-17)13-24-19(25)18(16-5-3-2-4-6-16)23-20(26)21(24)11-12-22-14-21/h7-10,16,18,22H,2-6,11-14H2,1H3,(H,23,26)/t18-,21-/m1/s1. The van der Waals surface area contributed by atoms with Gasteiger partial charge in [0.15, 0.2) is 0 Å². The van der Waals surface area contributed by atoms with Crippen LogP contribution in [0.1, 0.15) is 44.1 Å². The minimum absolute atomic E-state index is 0.0104. The first-order valence-corrected chi connectivity index (χ1v) is 10.1. The van der Waals surface area contributed by atoms with Crippen LogP contribution in [0.25, 0.3) is 0 Å². The molecule has 0 bridgehead atoms. The molecule has 1 spiro atoms. The summed E-state index contributed by atoms with van der Waals surface area (Å²) < 4.78 is 5.23. The van der Waals surface area contributed by atoms with Crippen LogP contribution in [0.2, 0.25) is 0 Å². The van der Waals surface area contributed by atoms with E-state index in [0.717, 1.165) is 43.5 Å². The Bertz CT molecular complexity index is 691. The fourth-order valence-corrected chi connectivity index (χ4v) is 4.87. The molecule has 2 aliphatic heterocycles. The third kappa shape index (κ3) is 3.31. The number of methoxy groups -OCH3 is 1. The molecule has 146 valence electrons. The highest BCUT2D eigenvalue weighted by Gasteiger charge is 2.55. The normalized spacial score (nSPS) is 29.2. The largest absolute Gasteiger partial charge is 0.497 e. The van der Waals surface area contributed by atoms with Crippen molar-refractivity contribution in [2.75, 3.05) is 20.2 Å². The lowest BCUT2D eigenvalue weighted by molar-refractivity contribution is -0.159. The molecule has 2 heterocycles. The summed E-state index contributed by atoms with van der Waals surface area (Å²) in [6.45, 7) is 1.74. The van der Waals surface area contributed by atoms with Crippen LogP contribution in [0.15, 0.2) is 24.3 Å². The third-order valence-electron chi connectivity index (χ3n) is 6.51. The monoisotopic (exact) mass is 371 g/mol. The zero-order chi connectivity index (χ0) is 18.9. The molecule has 4 rings (SSSR count). The van der Waals surface area contributed by atoms with E-state index in [-0.39, 0.29) is 23.8 Å². The number of carbonyl (C=O) groups is 2. The second-order valence-corrected chi connectivity index (χ2v) is 8.08. The summed E-state index contributed by atoms with van der Waals surface area (Å²) in [5.74, 6) is 1.15.